The van der Waals surface area contributed by atoms with Gasteiger partial charge >= 0.3 is 11.9 Å². The number of esters is 2. The average molecular weight is 367 g/mol. The Bertz CT molecular complexity index is 294. The third-order valence-corrected chi connectivity index (χ3v) is 2.58. The predicted octanol–water partition coefficient (Wildman–Crippen LogP) is -5.73. The van der Waals surface area contributed by atoms with Gasteiger partial charge in [0.15, 0.2) is 0 Å². The van der Waals surface area contributed by atoms with E-state index in [1.54, 1.807) is 0 Å². The molecule has 0 unspecified atom stereocenters. The van der Waals surface area contributed by atoms with E-state index in [1.807, 2.05) is 42.3 Å². The third-order valence-electron chi connectivity index (χ3n) is 2.58. The number of rotatable bonds is 9. The fourth-order valence-corrected chi connectivity index (χ4v) is 1.22. The van der Waals surface area contributed by atoms with Crippen molar-refractivity contribution in [2.45, 2.75) is 12.8 Å². The van der Waals surface area contributed by atoms with Crippen LogP contribution in [0.15, 0.2) is 0 Å². The van der Waals surface area contributed by atoms with Crippen LogP contribution in [0.5, 0.6) is 0 Å². The molecule has 134 valence electrons. The molecule has 0 aliphatic carbocycles. The largest absolute Gasteiger partial charge is 1.00 e. The fourth-order valence-electron chi connectivity index (χ4n) is 1.22. The minimum atomic E-state index is -0.345. The monoisotopic (exact) mass is 366 g/mol. The van der Waals surface area contributed by atoms with Gasteiger partial charge in [-0.25, -0.2) is 0 Å². The Morgan fingerprint density at radius 1 is 0.682 bits per heavy atom. The number of quaternary nitrogens is 2. The smallest absolute Gasteiger partial charge is 0.306 e. The Hall–Kier alpha value is -0.560. The number of likely N-dealkylation sites (N-methyl/N-ethyl adjacent to an activating group) is 2. The van der Waals surface area contributed by atoms with E-state index in [2.05, 4.69) is 0 Å². The Morgan fingerprint density at radius 2 is 0.955 bits per heavy atom. The van der Waals surface area contributed by atoms with Crippen molar-refractivity contribution in [3.63, 3.8) is 0 Å². The van der Waals surface area contributed by atoms with Crippen LogP contribution in [-0.4, -0.2) is 89.5 Å². The number of carbonyl (C=O) groups excluding carboxylic acids is 2. The molecule has 22 heavy (non-hydrogen) atoms. The van der Waals surface area contributed by atoms with Crippen LogP contribution < -0.4 is 24.8 Å². The third kappa shape index (κ3) is 19.4. The van der Waals surface area contributed by atoms with Gasteiger partial charge in [-0.1, -0.05) is 0 Å². The van der Waals surface area contributed by atoms with E-state index in [4.69, 9.17) is 9.47 Å². The summed E-state index contributed by atoms with van der Waals surface area (Å²) < 4.78 is 11.6. The topological polar surface area (TPSA) is 52.6 Å². The molecular formula is C14H30Cl2N2O4. The average Bonchev–Trinajstić information content (AvgIpc) is 2.22. The summed E-state index contributed by atoms with van der Waals surface area (Å²) in [5, 5.41) is 0. The number of ether oxygens (including phenoxy) is 2. The SMILES string of the molecule is [13CH3][N+]([13CH3])([13CH3])CCOC(=O)CCC(=O)OCC[N+]([13CH3])([13CH3])[13CH3].[Cl-].[Cl-]. The second kappa shape index (κ2) is 11.9. The van der Waals surface area contributed by atoms with E-state index in [-0.39, 0.29) is 49.6 Å². The van der Waals surface area contributed by atoms with Gasteiger partial charge < -0.3 is 43.3 Å². The van der Waals surface area contributed by atoms with Crippen LogP contribution >= 0.6 is 0 Å². The zero-order valence-corrected chi connectivity index (χ0v) is 16.0. The summed E-state index contributed by atoms with van der Waals surface area (Å²) >= 11 is 0. The number of nitrogens with zero attached hydrogens (tertiary/aromatic N) is 2. The van der Waals surface area contributed by atoms with Crippen molar-refractivity contribution in [1.82, 2.24) is 0 Å². The Balaban J connectivity index is -0.00000180. The van der Waals surface area contributed by atoms with Crippen LogP contribution in [0.3, 0.4) is 0 Å². The van der Waals surface area contributed by atoms with Gasteiger partial charge in [0.1, 0.15) is 26.3 Å². The summed E-state index contributed by atoms with van der Waals surface area (Å²) in [7, 11) is 12.2. The first kappa shape index (κ1) is 26.3. The molecule has 0 saturated carbocycles. The van der Waals surface area contributed by atoms with Crippen molar-refractivity contribution >= 4 is 11.9 Å². The number of halogens is 2. The molecule has 0 aromatic carbocycles. The summed E-state index contributed by atoms with van der Waals surface area (Å²) in [4.78, 5) is 22.9. The first-order chi connectivity index (χ1) is 8.99. The van der Waals surface area contributed by atoms with E-state index in [9.17, 15) is 9.59 Å². The molecule has 0 aliphatic rings. The van der Waals surface area contributed by atoms with Crippen LogP contribution in [-0.2, 0) is 19.1 Å². The van der Waals surface area contributed by atoms with Crippen molar-refractivity contribution in [2.75, 3.05) is 68.6 Å². The quantitative estimate of drug-likeness (QED) is 0.232. The van der Waals surface area contributed by atoms with Crippen molar-refractivity contribution < 1.29 is 52.8 Å². The molecule has 0 aromatic rings. The summed E-state index contributed by atoms with van der Waals surface area (Å²) in [6, 6.07) is 0. The normalized spacial score (nSPS) is 11.0. The van der Waals surface area contributed by atoms with Crippen LogP contribution in [0.1, 0.15) is 12.8 Å². The first-order valence-electron chi connectivity index (χ1n) is 6.92. The van der Waals surface area contributed by atoms with Crippen molar-refractivity contribution in [3.05, 3.63) is 0 Å². The van der Waals surface area contributed by atoms with Gasteiger partial charge in [-0.3, -0.25) is 9.59 Å². The molecule has 0 radical (unpaired) electrons. The van der Waals surface area contributed by atoms with Gasteiger partial charge in [0.25, 0.3) is 0 Å². The van der Waals surface area contributed by atoms with Crippen LogP contribution in [0.2, 0.25) is 0 Å². The van der Waals surface area contributed by atoms with Gasteiger partial charge in [-0.2, -0.15) is 0 Å². The molecule has 0 bridgehead atoms. The standard InChI is InChI=1S/C14H30N2O4.2ClH/c1-15(2,3)9-11-19-13(17)7-8-14(18)20-12-10-16(4,5)6;;/h7-12H2,1-6H3;2*1H/q+2;;/p-2/i1+1,2+1,3+1,4+1,5+1,6+1;;. The number of hydrogen-bond acceptors (Lipinski definition) is 4. The highest BCUT2D eigenvalue weighted by molar-refractivity contribution is 5.77. The summed E-state index contributed by atoms with van der Waals surface area (Å²) in [6.45, 7) is 2.25. The molecule has 6 nitrogen and oxygen atoms in total. The molecule has 0 saturated heterocycles. The fraction of sp³-hybridized carbons (Fsp3) is 0.857. The van der Waals surface area contributed by atoms with E-state index in [0.29, 0.717) is 13.2 Å². The Morgan fingerprint density at radius 3 is 1.18 bits per heavy atom. The molecule has 8 heteroatoms. The Kier molecular flexibility index (Phi) is 14.3. The maximum atomic E-state index is 11.4. The van der Waals surface area contributed by atoms with E-state index in [0.717, 1.165) is 22.1 Å². The van der Waals surface area contributed by atoms with Gasteiger partial charge in [-0.15, -0.1) is 0 Å². The second-order valence-electron chi connectivity index (χ2n) is 6.97. The Labute approximate surface area is 146 Å². The zero-order chi connectivity index (χ0) is 15.8. The zero-order valence-electron chi connectivity index (χ0n) is 14.5. The van der Waals surface area contributed by atoms with Crippen molar-refractivity contribution in [1.29, 1.82) is 0 Å². The molecule has 0 fully saturated rings. The second-order valence-corrected chi connectivity index (χ2v) is 6.97. The van der Waals surface area contributed by atoms with Crippen LogP contribution in [0, 0.1) is 0 Å². The van der Waals surface area contributed by atoms with Crippen molar-refractivity contribution in [2.24, 2.45) is 0 Å². The molecule has 0 amide bonds. The van der Waals surface area contributed by atoms with Crippen LogP contribution in [0.25, 0.3) is 0 Å². The lowest BCUT2D eigenvalue weighted by atomic mass is 10.3. The van der Waals surface area contributed by atoms with Crippen molar-refractivity contribution in [3.8, 4) is 0 Å². The van der Waals surface area contributed by atoms with Gasteiger partial charge in [0.05, 0.1) is 55.1 Å². The lowest BCUT2D eigenvalue weighted by Crippen LogP contribution is -3.00. The van der Waals surface area contributed by atoms with E-state index >= 15 is 0 Å². The lowest BCUT2D eigenvalue weighted by molar-refractivity contribution is -0.870. The highest BCUT2D eigenvalue weighted by Crippen LogP contribution is 1.98. The molecule has 0 aliphatic heterocycles. The highest BCUT2D eigenvalue weighted by Gasteiger charge is 2.13. The molecular weight excluding hydrogens is 337 g/mol. The van der Waals surface area contributed by atoms with Gasteiger partial charge in [-0.05, 0) is 0 Å². The molecule has 0 rings (SSSR count). The predicted molar refractivity (Wildman–Crippen MR) is 77.0 cm³/mol. The van der Waals surface area contributed by atoms with Crippen LogP contribution in [0.4, 0.5) is 0 Å². The van der Waals surface area contributed by atoms with E-state index < -0.39 is 0 Å². The molecule has 0 atom stereocenters. The maximum absolute atomic E-state index is 11.4. The number of hydrogen-bond donors (Lipinski definition) is 0. The lowest BCUT2D eigenvalue weighted by Gasteiger charge is -2.23. The first-order valence-corrected chi connectivity index (χ1v) is 6.92. The molecule has 0 N–H and O–H groups in total. The highest BCUT2D eigenvalue weighted by atomic mass is 35.5. The van der Waals surface area contributed by atoms with E-state index in [1.165, 1.54) is 0 Å². The molecule has 0 spiro atoms. The summed E-state index contributed by atoms with van der Waals surface area (Å²) in [5.41, 5.74) is 0. The minimum absolute atomic E-state index is 0. The molecule has 0 heterocycles. The van der Waals surface area contributed by atoms with Gasteiger partial charge in [0, 0.05) is 0 Å². The number of carbonyl (C=O) groups is 2. The maximum Gasteiger partial charge on any atom is 0.306 e. The van der Waals surface area contributed by atoms with Gasteiger partial charge in [0.2, 0.25) is 0 Å². The summed E-state index contributed by atoms with van der Waals surface area (Å²) in [5.74, 6) is -0.691. The molecule has 0 aromatic heterocycles. The minimum Gasteiger partial charge on any atom is -1.00 e. The summed E-state index contributed by atoms with van der Waals surface area (Å²) in [6.07, 6.45) is 0.167.